The first-order valence-electron chi connectivity index (χ1n) is 6.90. The Morgan fingerprint density at radius 1 is 1.41 bits per heavy atom. The lowest BCUT2D eigenvalue weighted by Crippen LogP contribution is -2.39. The average Bonchev–Trinajstić information content (AvgIpc) is 2.92. The summed E-state index contributed by atoms with van der Waals surface area (Å²) in [5.74, 6) is -1.22. The van der Waals surface area contributed by atoms with Crippen LogP contribution in [0.5, 0.6) is 5.75 Å². The summed E-state index contributed by atoms with van der Waals surface area (Å²) in [6.07, 6.45) is 1.57. The number of carbonyl (C=O) groups is 1. The third-order valence-electron chi connectivity index (χ3n) is 3.71. The molecule has 22 heavy (non-hydrogen) atoms. The standard InChI is InChI=1S/C14H15FN4O3/c15-10-4-9(5-11(20)6-10)8-2-1-3-19(7-8)13(21)12-17-18-14(16)22-12/h4-6,8,20H,1-3,7H2,(H2,16,18). The molecule has 1 atom stereocenters. The molecule has 1 aliphatic heterocycles. The number of piperidine rings is 1. The molecule has 0 bridgehead atoms. The van der Waals surface area contributed by atoms with Crippen molar-refractivity contribution < 1.29 is 18.7 Å². The van der Waals surface area contributed by atoms with Gasteiger partial charge in [-0.25, -0.2) is 4.39 Å². The summed E-state index contributed by atoms with van der Waals surface area (Å²) in [5, 5.41) is 16.6. The van der Waals surface area contributed by atoms with Crippen molar-refractivity contribution in [1.29, 1.82) is 0 Å². The van der Waals surface area contributed by atoms with E-state index in [9.17, 15) is 14.3 Å². The van der Waals surface area contributed by atoms with E-state index in [1.807, 2.05) is 0 Å². The van der Waals surface area contributed by atoms with Crippen LogP contribution < -0.4 is 5.73 Å². The molecule has 0 aliphatic carbocycles. The van der Waals surface area contributed by atoms with Crippen molar-refractivity contribution in [2.75, 3.05) is 18.8 Å². The van der Waals surface area contributed by atoms with Crippen LogP contribution in [0.15, 0.2) is 22.6 Å². The number of amides is 1. The average molecular weight is 306 g/mol. The number of likely N-dealkylation sites (tertiary alicyclic amines) is 1. The highest BCUT2D eigenvalue weighted by molar-refractivity contribution is 5.89. The number of hydrogen-bond donors (Lipinski definition) is 2. The van der Waals surface area contributed by atoms with Gasteiger partial charge < -0.3 is 20.2 Å². The van der Waals surface area contributed by atoms with Crippen molar-refractivity contribution in [3.8, 4) is 5.75 Å². The maximum atomic E-state index is 13.4. The summed E-state index contributed by atoms with van der Waals surface area (Å²) in [6.45, 7) is 0.947. The van der Waals surface area contributed by atoms with E-state index in [-0.39, 0.29) is 23.6 Å². The van der Waals surface area contributed by atoms with Gasteiger partial charge in [-0.15, -0.1) is 5.10 Å². The fraction of sp³-hybridized carbons (Fsp3) is 0.357. The Morgan fingerprint density at radius 3 is 2.91 bits per heavy atom. The Kier molecular flexibility index (Phi) is 3.66. The zero-order valence-corrected chi connectivity index (χ0v) is 11.7. The van der Waals surface area contributed by atoms with Gasteiger partial charge in [-0.2, -0.15) is 0 Å². The highest BCUT2D eigenvalue weighted by Crippen LogP contribution is 2.30. The molecule has 116 valence electrons. The van der Waals surface area contributed by atoms with Crippen molar-refractivity contribution in [3.63, 3.8) is 0 Å². The maximum Gasteiger partial charge on any atom is 0.313 e. The van der Waals surface area contributed by atoms with Crippen molar-refractivity contribution in [2.45, 2.75) is 18.8 Å². The molecule has 1 amide bonds. The predicted octanol–water partition coefficient (Wildman–Crippen LogP) is 1.52. The molecule has 3 rings (SSSR count). The largest absolute Gasteiger partial charge is 0.508 e. The second-order valence-corrected chi connectivity index (χ2v) is 5.28. The van der Waals surface area contributed by atoms with Gasteiger partial charge in [0.15, 0.2) is 0 Å². The summed E-state index contributed by atoms with van der Waals surface area (Å²) >= 11 is 0. The molecule has 0 spiro atoms. The third-order valence-corrected chi connectivity index (χ3v) is 3.71. The second-order valence-electron chi connectivity index (χ2n) is 5.28. The Morgan fingerprint density at radius 2 is 2.23 bits per heavy atom. The predicted molar refractivity (Wildman–Crippen MR) is 74.7 cm³/mol. The van der Waals surface area contributed by atoms with Gasteiger partial charge in [0.1, 0.15) is 11.6 Å². The van der Waals surface area contributed by atoms with Crippen LogP contribution in [0.25, 0.3) is 0 Å². The van der Waals surface area contributed by atoms with Crippen molar-refractivity contribution in [3.05, 3.63) is 35.5 Å². The molecule has 1 aromatic heterocycles. The highest BCUT2D eigenvalue weighted by atomic mass is 19.1. The van der Waals surface area contributed by atoms with Crippen LogP contribution in [0.3, 0.4) is 0 Å². The van der Waals surface area contributed by atoms with E-state index in [1.54, 1.807) is 4.90 Å². The van der Waals surface area contributed by atoms with Gasteiger partial charge in [0, 0.05) is 25.1 Å². The Labute approximate surface area is 125 Å². The van der Waals surface area contributed by atoms with Crippen molar-refractivity contribution >= 4 is 11.9 Å². The van der Waals surface area contributed by atoms with E-state index in [0.717, 1.165) is 18.9 Å². The minimum Gasteiger partial charge on any atom is -0.508 e. The molecule has 1 saturated heterocycles. The van der Waals surface area contributed by atoms with Gasteiger partial charge >= 0.3 is 17.8 Å². The van der Waals surface area contributed by atoms with Crippen molar-refractivity contribution in [2.24, 2.45) is 0 Å². The molecule has 3 N–H and O–H groups in total. The normalized spacial score (nSPS) is 18.4. The van der Waals surface area contributed by atoms with Crippen LogP contribution in [0, 0.1) is 5.82 Å². The minimum absolute atomic E-state index is 0.0560. The number of phenolic OH excluding ortho intramolecular Hbond substituents is 1. The topological polar surface area (TPSA) is 105 Å². The number of nitrogens with two attached hydrogens (primary N) is 1. The number of hydrogen-bond acceptors (Lipinski definition) is 6. The van der Waals surface area contributed by atoms with Gasteiger partial charge in [0.2, 0.25) is 0 Å². The third kappa shape index (κ3) is 2.85. The first-order valence-corrected chi connectivity index (χ1v) is 6.90. The number of nitrogens with zero attached hydrogens (tertiary/aromatic N) is 3. The number of nitrogen functional groups attached to an aromatic ring is 1. The maximum absolute atomic E-state index is 13.4. The fourth-order valence-electron chi connectivity index (χ4n) is 2.72. The number of rotatable bonds is 2. The van der Waals surface area contributed by atoms with Crippen molar-refractivity contribution in [1.82, 2.24) is 15.1 Å². The lowest BCUT2D eigenvalue weighted by atomic mass is 9.90. The van der Waals surface area contributed by atoms with Gasteiger partial charge in [0.25, 0.3) is 0 Å². The minimum atomic E-state index is -0.497. The summed E-state index contributed by atoms with van der Waals surface area (Å²) in [4.78, 5) is 13.8. The molecule has 0 radical (unpaired) electrons. The SMILES string of the molecule is Nc1nnc(C(=O)N2CCCC(c3cc(O)cc(F)c3)C2)o1. The number of halogens is 1. The van der Waals surface area contributed by atoms with E-state index in [1.165, 1.54) is 12.1 Å². The van der Waals surface area contributed by atoms with E-state index in [0.29, 0.717) is 18.7 Å². The van der Waals surface area contributed by atoms with Crippen LogP contribution in [0.2, 0.25) is 0 Å². The lowest BCUT2D eigenvalue weighted by molar-refractivity contribution is 0.0667. The lowest BCUT2D eigenvalue weighted by Gasteiger charge is -2.32. The smallest absolute Gasteiger partial charge is 0.313 e. The van der Waals surface area contributed by atoms with Gasteiger partial charge in [-0.1, -0.05) is 5.10 Å². The summed E-state index contributed by atoms with van der Waals surface area (Å²) < 4.78 is 18.4. The molecule has 2 heterocycles. The van der Waals surface area contributed by atoms with Gasteiger partial charge in [0.05, 0.1) is 0 Å². The van der Waals surface area contributed by atoms with Crippen LogP contribution in [0.4, 0.5) is 10.4 Å². The number of aromatic nitrogens is 2. The molecule has 1 unspecified atom stereocenters. The summed E-state index contributed by atoms with van der Waals surface area (Å²) in [6, 6.07) is 3.79. The first kappa shape index (κ1) is 14.3. The molecule has 1 aromatic carbocycles. The van der Waals surface area contributed by atoms with Gasteiger partial charge in [-0.3, -0.25) is 4.79 Å². The number of aromatic hydroxyl groups is 1. The monoisotopic (exact) mass is 306 g/mol. The summed E-state index contributed by atoms with van der Waals surface area (Å²) in [7, 11) is 0. The molecular weight excluding hydrogens is 291 g/mol. The molecule has 7 nitrogen and oxygen atoms in total. The van der Waals surface area contributed by atoms with E-state index in [2.05, 4.69) is 10.2 Å². The number of anilines is 1. The van der Waals surface area contributed by atoms with Crippen LogP contribution in [0.1, 0.15) is 35.0 Å². The van der Waals surface area contributed by atoms with Gasteiger partial charge in [-0.05, 0) is 30.5 Å². The molecule has 1 fully saturated rings. The number of phenols is 1. The fourth-order valence-corrected chi connectivity index (χ4v) is 2.72. The number of benzene rings is 1. The zero-order chi connectivity index (χ0) is 15.7. The Balaban J connectivity index is 1.78. The van der Waals surface area contributed by atoms with E-state index in [4.69, 9.17) is 10.2 Å². The van der Waals surface area contributed by atoms with Crippen LogP contribution in [-0.2, 0) is 0 Å². The molecule has 1 aliphatic rings. The van der Waals surface area contributed by atoms with Crippen LogP contribution >= 0.6 is 0 Å². The van der Waals surface area contributed by atoms with Crippen LogP contribution in [-0.4, -0.2) is 39.2 Å². The molecule has 2 aromatic rings. The first-order chi connectivity index (χ1) is 10.5. The Bertz CT molecular complexity index is 683. The molecular formula is C14H15FN4O3. The summed E-state index contributed by atoms with van der Waals surface area (Å²) in [5.41, 5.74) is 5.98. The van der Waals surface area contributed by atoms with E-state index < -0.39 is 11.7 Å². The quantitative estimate of drug-likeness (QED) is 0.871. The Hall–Kier alpha value is -2.64. The zero-order valence-electron chi connectivity index (χ0n) is 11.7. The second kappa shape index (κ2) is 5.63. The molecule has 8 heteroatoms. The molecule has 0 saturated carbocycles. The number of carbonyl (C=O) groups excluding carboxylic acids is 1. The van der Waals surface area contributed by atoms with E-state index >= 15 is 0 Å². The highest BCUT2D eigenvalue weighted by Gasteiger charge is 2.28.